The number of pyridine rings is 1. The van der Waals surface area contributed by atoms with E-state index in [1.54, 1.807) is 13.3 Å². The third kappa shape index (κ3) is 2.23. The molecule has 2 N–H and O–H groups in total. The molecule has 3 heterocycles. The van der Waals surface area contributed by atoms with Gasteiger partial charge in [-0.2, -0.15) is 9.61 Å². The standard InChI is InChI=1S/C17H14N6O/c1-24-13-9-12(7-8-19-13)14-15(11-5-3-2-4-6-11)22-17(18)23-16(14)20-10-21-23/h2-10H,1H3,(H2,18,22). The lowest BCUT2D eigenvalue weighted by Crippen LogP contribution is -2.05. The van der Waals surface area contributed by atoms with Crippen LogP contribution in [0.15, 0.2) is 55.0 Å². The maximum Gasteiger partial charge on any atom is 0.223 e. The molecule has 0 saturated heterocycles. The van der Waals surface area contributed by atoms with Crippen molar-refractivity contribution in [3.63, 3.8) is 0 Å². The Bertz CT molecular complexity index is 1010. The Hall–Kier alpha value is -3.48. The summed E-state index contributed by atoms with van der Waals surface area (Å²) in [5.41, 5.74) is 10.1. The van der Waals surface area contributed by atoms with Crippen molar-refractivity contribution in [2.45, 2.75) is 0 Å². The summed E-state index contributed by atoms with van der Waals surface area (Å²) >= 11 is 0. The lowest BCUT2D eigenvalue weighted by Gasteiger charge is -2.12. The number of hydrogen-bond acceptors (Lipinski definition) is 6. The van der Waals surface area contributed by atoms with E-state index in [0.29, 0.717) is 11.5 Å². The molecule has 0 aliphatic rings. The highest BCUT2D eigenvalue weighted by atomic mass is 16.5. The number of nitrogen functional groups attached to an aromatic ring is 1. The highest BCUT2D eigenvalue weighted by Gasteiger charge is 2.18. The van der Waals surface area contributed by atoms with Gasteiger partial charge in [0.1, 0.15) is 6.33 Å². The largest absolute Gasteiger partial charge is 0.481 e. The van der Waals surface area contributed by atoms with Crippen LogP contribution in [0, 0.1) is 0 Å². The third-order valence-corrected chi connectivity index (χ3v) is 3.73. The van der Waals surface area contributed by atoms with Gasteiger partial charge in [-0.1, -0.05) is 30.3 Å². The number of ether oxygens (including phenoxy) is 1. The fourth-order valence-electron chi connectivity index (χ4n) is 2.65. The maximum absolute atomic E-state index is 6.05. The van der Waals surface area contributed by atoms with Gasteiger partial charge >= 0.3 is 0 Å². The topological polar surface area (TPSA) is 91.2 Å². The number of nitrogens with two attached hydrogens (primary N) is 1. The number of nitrogens with zero attached hydrogens (tertiary/aromatic N) is 5. The summed E-state index contributed by atoms with van der Waals surface area (Å²) in [5.74, 6) is 0.798. The molecule has 0 saturated carbocycles. The second-order valence-electron chi connectivity index (χ2n) is 5.14. The molecular formula is C17H14N6O. The molecule has 1 aromatic carbocycles. The predicted octanol–water partition coefficient (Wildman–Crippen LogP) is 2.44. The Morgan fingerprint density at radius 2 is 1.88 bits per heavy atom. The average molecular weight is 318 g/mol. The second kappa shape index (κ2) is 5.62. The van der Waals surface area contributed by atoms with E-state index in [1.165, 1.54) is 10.8 Å². The van der Waals surface area contributed by atoms with E-state index in [0.717, 1.165) is 22.4 Å². The minimum absolute atomic E-state index is 0.283. The first-order chi connectivity index (χ1) is 11.8. The van der Waals surface area contributed by atoms with Gasteiger partial charge in [-0.05, 0) is 11.6 Å². The van der Waals surface area contributed by atoms with Gasteiger partial charge < -0.3 is 10.5 Å². The summed E-state index contributed by atoms with van der Waals surface area (Å²) in [6.07, 6.45) is 3.15. The van der Waals surface area contributed by atoms with Gasteiger partial charge in [0.2, 0.25) is 11.8 Å². The first-order valence-electron chi connectivity index (χ1n) is 7.33. The fraction of sp³-hybridized carbons (Fsp3) is 0.0588. The number of anilines is 1. The maximum atomic E-state index is 6.05. The van der Waals surface area contributed by atoms with Crippen LogP contribution < -0.4 is 10.5 Å². The Labute approximate surface area is 137 Å². The molecule has 0 atom stereocenters. The van der Waals surface area contributed by atoms with Gasteiger partial charge in [0.15, 0.2) is 5.65 Å². The molecule has 0 bridgehead atoms. The minimum Gasteiger partial charge on any atom is -0.481 e. The van der Waals surface area contributed by atoms with Crippen LogP contribution in [-0.2, 0) is 0 Å². The van der Waals surface area contributed by atoms with Gasteiger partial charge in [-0.3, -0.25) is 0 Å². The summed E-state index contributed by atoms with van der Waals surface area (Å²) in [6.45, 7) is 0. The van der Waals surface area contributed by atoms with Crippen molar-refractivity contribution in [2.24, 2.45) is 0 Å². The average Bonchev–Trinajstić information content (AvgIpc) is 3.12. The molecule has 4 aromatic rings. The summed E-state index contributed by atoms with van der Waals surface area (Å²) in [6, 6.07) is 13.6. The molecule has 7 nitrogen and oxygen atoms in total. The quantitative estimate of drug-likeness (QED) is 0.624. The molecule has 24 heavy (non-hydrogen) atoms. The van der Waals surface area contributed by atoms with E-state index in [2.05, 4.69) is 20.1 Å². The molecular weight excluding hydrogens is 304 g/mol. The lowest BCUT2D eigenvalue weighted by atomic mass is 10.0. The lowest BCUT2D eigenvalue weighted by molar-refractivity contribution is 0.398. The number of rotatable bonds is 3. The monoisotopic (exact) mass is 318 g/mol. The van der Waals surface area contributed by atoms with Gasteiger partial charge in [0, 0.05) is 17.8 Å². The van der Waals surface area contributed by atoms with Crippen molar-refractivity contribution in [1.29, 1.82) is 0 Å². The zero-order valence-corrected chi connectivity index (χ0v) is 12.9. The molecule has 7 heteroatoms. The minimum atomic E-state index is 0.283. The Morgan fingerprint density at radius 1 is 1.04 bits per heavy atom. The molecule has 0 spiro atoms. The first-order valence-corrected chi connectivity index (χ1v) is 7.33. The SMILES string of the molecule is COc1cc(-c2c(-c3ccccc3)nc(N)n3ncnc23)ccn1. The molecule has 3 aromatic heterocycles. The highest BCUT2D eigenvalue weighted by Crippen LogP contribution is 2.35. The second-order valence-corrected chi connectivity index (χ2v) is 5.14. The van der Waals surface area contributed by atoms with E-state index in [4.69, 9.17) is 10.5 Å². The van der Waals surface area contributed by atoms with Gasteiger partial charge in [0.05, 0.1) is 18.4 Å². The molecule has 4 rings (SSSR count). The summed E-state index contributed by atoms with van der Waals surface area (Å²) in [4.78, 5) is 13.1. The number of aromatic nitrogens is 5. The van der Waals surface area contributed by atoms with Crippen molar-refractivity contribution < 1.29 is 4.74 Å². The van der Waals surface area contributed by atoms with E-state index < -0.39 is 0 Å². The number of hydrogen-bond donors (Lipinski definition) is 1. The van der Waals surface area contributed by atoms with Gasteiger partial charge in [0.25, 0.3) is 0 Å². The summed E-state index contributed by atoms with van der Waals surface area (Å²) in [7, 11) is 1.58. The first kappa shape index (κ1) is 14.1. The number of methoxy groups -OCH3 is 1. The molecule has 0 amide bonds. The smallest absolute Gasteiger partial charge is 0.223 e. The van der Waals surface area contributed by atoms with Crippen LogP contribution in [0.4, 0.5) is 5.95 Å². The Balaban J connectivity index is 2.08. The van der Waals surface area contributed by atoms with Crippen LogP contribution in [0.5, 0.6) is 5.88 Å². The van der Waals surface area contributed by atoms with Crippen LogP contribution >= 0.6 is 0 Å². The number of benzene rings is 1. The highest BCUT2D eigenvalue weighted by molar-refractivity contribution is 5.90. The van der Waals surface area contributed by atoms with Crippen molar-refractivity contribution in [2.75, 3.05) is 12.8 Å². The van der Waals surface area contributed by atoms with Crippen LogP contribution in [0.3, 0.4) is 0 Å². The molecule has 0 aliphatic heterocycles. The van der Waals surface area contributed by atoms with Crippen LogP contribution in [0.1, 0.15) is 0 Å². The zero-order chi connectivity index (χ0) is 16.5. The molecule has 118 valence electrons. The van der Waals surface area contributed by atoms with Gasteiger partial charge in [-0.15, -0.1) is 0 Å². The molecule has 0 radical (unpaired) electrons. The van der Waals surface area contributed by atoms with Crippen molar-refractivity contribution in [1.82, 2.24) is 24.6 Å². The van der Waals surface area contributed by atoms with E-state index >= 15 is 0 Å². The zero-order valence-electron chi connectivity index (χ0n) is 12.9. The molecule has 0 aliphatic carbocycles. The Kier molecular flexibility index (Phi) is 3.31. The molecule has 0 fully saturated rings. The summed E-state index contributed by atoms with van der Waals surface area (Å²) < 4.78 is 6.76. The van der Waals surface area contributed by atoms with Gasteiger partial charge in [-0.25, -0.2) is 15.0 Å². The van der Waals surface area contributed by atoms with E-state index in [1.807, 2.05) is 42.5 Å². The van der Waals surface area contributed by atoms with Crippen molar-refractivity contribution >= 4 is 11.6 Å². The fourth-order valence-corrected chi connectivity index (χ4v) is 2.65. The normalized spacial score (nSPS) is 10.9. The van der Waals surface area contributed by atoms with E-state index in [-0.39, 0.29) is 5.95 Å². The number of fused-ring (bicyclic) bond motifs is 1. The van der Waals surface area contributed by atoms with Crippen LogP contribution in [0.2, 0.25) is 0 Å². The van der Waals surface area contributed by atoms with Crippen molar-refractivity contribution in [3.8, 4) is 28.3 Å². The van der Waals surface area contributed by atoms with Crippen molar-refractivity contribution in [3.05, 3.63) is 55.0 Å². The van der Waals surface area contributed by atoms with Crippen LogP contribution in [-0.4, -0.2) is 31.7 Å². The van der Waals surface area contributed by atoms with Crippen LogP contribution in [0.25, 0.3) is 28.0 Å². The third-order valence-electron chi connectivity index (χ3n) is 3.73. The predicted molar refractivity (Wildman–Crippen MR) is 90.4 cm³/mol. The summed E-state index contributed by atoms with van der Waals surface area (Å²) in [5, 5.41) is 4.15. The molecule has 0 unspecified atom stereocenters. The Morgan fingerprint density at radius 3 is 2.67 bits per heavy atom. The van der Waals surface area contributed by atoms with E-state index in [9.17, 15) is 0 Å².